The smallest absolute Gasteiger partial charge is 0.416 e. The van der Waals surface area contributed by atoms with E-state index in [2.05, 4.69) is 5.32 Å². The normalized spacial score (nSPS) is 12.5. The van der Waals surface area contributed by atoms with Crippen LogP contribution in [-0.4, -0.2) is 13.0 Å². The number of hydrogen-bond acceptors (Lipinski definition) is 4. The number of alkyl halides is 3. The topological polar surface area (TPSA) is 68.5 Å². The number of ether oxygens (including phenoxy) is 1. The molecule has 24 heavy (non-hydrogen) atoms. The van der Waals surface area contributed by atoms with Gasteiger partial charge < -0.3 is 14.5 Å². The fourth-order valence-electron chi connectivity index (χ4n) is 1.98. The molecule has 0 unspecified atom stereocenters. The number of methoxy groups -OCH3 is 1. The largest absolute Gasteiger partial charge is 0.490 e. The highest BCUT2D eigenvalue weighted by Crippen LogP contribution is 2.29. The van der Waals surface area contributed by atoms with Crippen LogP contribution in [0.15, 0.2) is 45.8 Å². The Bertz CT molecular complexity index is 781. The zero-order valence-corrected chi connectivity index (χ0v) is 12.8. The minimum atomic E-state index is -4.42. The van der Waals surface area contributed by atoms with Crippen molar-refractivity contribution < 1.29 is 27.1 Å². The summed E-state index contributed by atoms with van der Waals surface area (Å²) in [6.45, 7) is 1.60. The van der Waals surface area contributed by atoms with E-state index in [9.17, 15) is 22.8 Å². The highest BCUT2D eigenvalue weighted by atomic mass is 19.4. The molecule has 0 fully saturated rings. The summed E-state index contributed by atoms with van der Waals surface area (Å²) >= 11 is 0. The van der Waals surface area contributed by atoms with Gasteiger partial charge in [0, 0.05) is 6.07 Å². The Labute approximate surface area is 135 Å². The monoisotopic (exact) mass is 341 g/mol. The highest BCUT2D eigenvalue weighted by molar-refractivity contribution is 5.91. The maximum atomic E-state index is 12.5. The van der Waals surface area contributed by atoms with Crippen molar-refractivity contribution in [2.45, 2.75) is 19.1 Å². The number of amides is 1. The second-order valence-corrected chi connectivity index (χ2v) is 4.99. The number of hydrogen-bond donors (Lipinski definition) is 1. The number of halogens is 3. The van der Waals surface area contributed by atoms with Gasteiger partial charge in [-0.25, -0.2) is 0 Å². The van der Waals surface area contributed by atoms with Crippen molar-refractivity contribution in [2.24, 2.45) is 0 Å². The van der Waals surface area contributed by atoms with Gasteiger partial charge in [-0.15, -0.1) is 0 Å². The van der Waals surface area contributed by atoms with Crippen LogP contribution in [0.4, 0.5) is 13.2 Å². The highest BCUT2D eigenvalue weighted by Gasteiger charge is 2.30. The summed E-state index contributed by atoms with van der Waals surface area (Å²) in [6, 6.07) is 4.83. The lowest BCUT2D eigenvalue weighted by Crippen LogP contribution is -2.27. The van der Waals surface area contributed by atoms with Crippen molar-refractivity contribution in [1.29, 1.82) is 0 Å². The van der Waals surface area contributed by atoms with Crippen molar-refractivity contribution >= 4 is 5.91 Å². The van der Waals surface area contributed by atoms with Crippen LogP contribution in [0.2, 0.25) is 0 Å². The number of rotatable bonds is 4. The van der Waals surface area contributed by atoms with E-state index in [-0.39, 0.29) is 11.5 Å². The first-order chi connectivity index (χ1) is 11.2. The standard InChI is InChI=1S/C16H14F3NO4/c1-9(10-3-5-11(6-4-10)16(17,18)19)20-15(22)13-7-12(21)14(23-2)8-24-13/h3-9H,1-2H3,(H,20,22)/t9-/m1/s1. The van der Waals surface area contributed by atoms with E-state index < -0.39 is 29.1 Å². The summed E-state index contributed by atoms with van der Waals surface area (Å²) < 4.78 is 47.3. The van der Waals surface area contributed by atoms with Crippen LogP contribution in [0.3, 0.4) is 0 Å². The third-order valence-corrected chi connectivity index (χ3v) is 3.33. The molecule has 0 bridgehead atoms. The lowest BCUT2D eigenvalue weighted by atomic mass is 10.1. The summed E-state index contributed by atoms with van der Waals surface area (Å²) in [7, 11) is 1.29. The van der Waals surface area contributed by atoms with Gasteiger partial charge >= 0.3 is 6.18 Å². The third-order valence-electron chi connectivity index (χ3n) is 3.33. The molecule has 0 radical (unpaired) electrons. The van der Waals surface area contributed by atoms with Crippen LogP contribution in [0.25, 0.3) is 0 Å². The lowest BCUT2D eigenvalue weighted by molar-refractivity contribution is -0.137. The predicted molar refractivity (Wildman–Crippen MR) is 78.9 cm³/mol. The van der Waals surface area contributed by atoms with E-state index in [1.165, 1.54) is 19.2 Å². The molecule has 0 saturated carbocycles. The van der Waals surface area contributed by atoms with Gasteiger partial charge in [-0.1, -0.05) is 12.1 Å². The number of benzene rings is 1. The first-order valence-electron chi connectivity index (χ1n) is 6.87. The second kappa shape index (κ2) is 6.77. The molecule has 2 aromatic rings. The van der Waals surface area contributed by atoms with Crippen LogP contribution in [0.1, 0.15) is 34.6 Å². The van der Waals surface area contributed by atoms with Gasteiger partial charge in [0.15, 0.2) is 5.76 Å². The van der Waals surface area contributed by atoms with Crippen LogP contribution >= 0.6 is 0 Å². The van der Waals surface area contributed by atoms with Crippen molar-refractivity contribution in [2.75, 3.05) is 7.11 Å². The van der Waals surface area contributed by atoms with Gasteiger partial charge in [0.05, 0.1) is 18.7 Å². The molecular formula is C16H14F3NO4. The first kappa shape index (κ1) is 17.6. The van der Waals surface area contributed by atoms with E-state index in [0.717, 1.165) is 24.5 Å². The summed E-state index contributed by atoms with van der Waals surface area (Å²) in [5.74, 6) is -0.927. The molecule has 1 N–H and O–H groups in total. The molecule has 2 rings (SSSR count). The Morgan fingerprint density at radius 1 is 1.25 bits per heavy atom. The third kappa shape index (κ3) is 3.95. The maximum absolute atomic E-state index is 12.5. The Hall–Kier alpha value is -2.77. The Kier molecular flexibility index (Phi) is 4.96. The summed E-state index contributed by atoms with van der Waals surface area (Å²) in [5, 5.41) is 2.54. The molecule has 128 valence electrons. The average molecular weight is 341 g/mol. The van der Waals surface area contributed by atoms with Gasteiger partial charge in [0.2, 0.25) is 11.2 Å². The zero-order chi connectivity index (χ0) is 17.9. The average Bonchev–Trinajstić information content (AvgIpc) is 2.54. The zero-order valence-electron chi connectivity index (χ0n) is 12.8. The molecule has 0 saturated heterocycles. The van der Waals surface area contributed by atoms with E-state index in [4.69, 9.17) is 9.15 Å². The summed E-state index contributed by atoms with van der Waals surface area (Å²) in [6.07, 6.45) is -3.41. The van der Waals surface area contributed by atoms with E-state index >= 15 is 0 Å². The molecule has 1 aromatic heterocycles. The molecule has 0 aliphatic rings. The molecule has 0 aliphatic carbocycles. The van der Waals surface area contributed by atoms with Gasteiger partial charge in [0.1, 0.15) is 6.26 Å². The molecule has 0 spiro atoms. The van der Waals surface area contributed by atoms with Crippen LogP contribution in [0, 0.1) is 0 Å². The quantitative estimate of drug-likeness (QED) is 0.927. The SMILES string of the molecule is COc1coc(C(=O)N[C@H](C)c2ccc(C(F)(F)F)cc2)cc1=O. The molecule has 8 heteroatoms. The fourth-order valence-corrected chi connectivity index (χ4v) is 1.98. The molecule has 1 heterocycles. The van der Waals surface area contributed by atoms with E-state index in [1.807, 2.05) is 0 Å². The molecule has 1 atom stereocenters. The number of carbonyl (C=O) groups excluding carboxylic acids is 1. The van der Waals surface area contributed by atoms with E-state index in [1.54, 1.807) is 6.92 Å². The Morgan fingerprint density at radius 3 is 2.38 bits per heavy atom. The van der Waals surface area contributed by atoms with Crippen molar-refractivity contribution in [3.05, 3.63) is 63.7 Å². The Balaban J connectivity index is 2.11. The minimum absolute atomic E-state index is 0.0395. The van der Waals surface area contributed by atoms with Gasteiger partial charge in [-0.3, -0.25) is 9.59 Å². The summed E-state index contributed by atoms with van der Waals surface area (Å²) in [4.78, 5) is 23.6. The fraction of sp³-hybridized carbons (Fsp3) is 0.250. The van der Waals surface area contributed by atoms with Gasteiger partial charge in [0.25, 0.3) is 5.91 Å². The van der Waals surface area contributed by atoms with Crippen LogP contribution in [-0.2, 0) is 6.18 Å². The van der Waals surface area contributed by atoms with Gasteiger partial charge in [-0.05, 0) is 24.6 Å². The Morgan fingerprint density at radius 2 is 1.88 bits per heavy atom. The minimum Gasteiger partial charge on any atom is -0.490 e. The molecule has 1 amide bonds. The van der Waals surface area contributed by atoms with Crippen LogP contribution < -0.4 is 15.5 Å². The van der Waals surface area contributed by atoms with Crippen molar-refractivity contribution in [3.8, 4) is 5.75 Å². The number of carbonyl (C=O) groups is 1. The molecule has 1 aromatic carbocycles. The van der Waals surface area contributed by atoms with Crippen LogP contribution in [0.5, 0.6) is 5.75 Å². The van der Waals surface area contributed by atoms with Gasteiger partial charge in [-0.2, -0.15) is 13.2 Å². The van der Waals surface area contributed by atoms with Crippen molar-refractivity contribution in [3.63, 3.8) is 0 Å². The maximum Gasteiger partial charge on any atom is 0.416 e. The van der Waals surface area contributed by atoms with Crippen molar-refractivity contribution in [1.82, 2.24) is 5.32 Å². The lowest BCUT2D eigenvalue weighted by Gasteiger charge is -2.15. The predicted octanol–water partition coefficient (Wildman–Crippen LogP) is 3.16. The summed E-state index contributed by atoms with van der Waals surface area (Å²) in [5.41, 5.74) is -0.811. The van der Waals surface area contributed by atoms with E-state index in [0.29, 0.717) is 5.56 Å². The molecule has 5 nitrogen and oxygen atoms in total. The molecule has 0 aliphatic heterocycles. The number of nitrogens with one attached hydrogen (secondary N) is 1. The second-order valence-electron chi connectivity index (χ2n) is 4.99. The molecular weight excluding hydrogens is 327 g/mol. The first-order valence-corrected chi connectivity index (χ1v) is 6.87.